The first-order valence-electron chi connectivity index (χ1n) is 6.15. The second-order valence-electron chi connectivity index (χ2n) is 4.33. The highest BCUT2D eigenvalue weighted by atomic mass is 16.7. The van der Waals surface area contributed by atoms with Crippen LogP contribution in [0.4, 0.5) is 4.79 Å². The summed E-state index contributed by atoms with van der Waals surface area (Å²) >= 11 is 0. The lowest BCUT2D eigenvalue weighted by atomic mass is 9.92. The molecule has 0 unspecified atom stereocenters. The molecule has 1 aromatic carbocycles. The summed E-state index contributed by atoms with van der Waals surface area (Å²) in [4.78, 5) is 11.2. The molecule has 1 aliphatic rings. The summed E-state index contributed by atoms with van der Waals surface area (Å²) in [6.45, 7) is -0.407. The van der Waals surface area contributed by atoms with Crippen molar-refractivity contribution in [3.8, 4) is 11.5 Å². The third kappa shape index (κ3) is 2.94. The number of benzene rings is 1. The summed E-state index contributed by atoms with van der Waals surface area (Å²) in [5.41, 5.74) is 0.729. The van der Waals surface area contributed by atoms with Gasteiger partial charge >= 0.3 is 6.09 Å². The molecule has 0 aliphatic carbocycles. The van der Waals surface area contributed by atoms with Gasteiger partial charge in [0, 0.05) is 5.92 Å². The molecule has 20 heavy (non-hydrogen) atoms. The van der Waals surface area contributed by atoms with Gasteiger partial charge in [-0.15, -0.1) is 0 Å². The number of hydrogen-bond acceptors (Lipinski definition) is 6. The molecule has 110 valence electrons. The van der Waals surface area contributed by atoms with Crippen LogP contribution in [0.3, 0.4) is 0 Å². The van der Waals surface area contributed by atoms with Crippen LogP contribution in [0, 0.1) is 0 Å². The first kappa shape index (κ1) is 14.4. The first-order valence-corrected chi connectivity index (χ1v) is 6.15. The molecule has 0 spiro atoms. The van der Waals surface area contributed by atoms with Gasteiger partial charge in [-0.2, -0.15) is 0 Å². The molecule has 2 atom stereocenters. The standard InChI is InChI=1S/C13H17NO6/c1-18-13(17)14-10(6-16)9(5-15)8-2-3-11-12(4-8)20-7-19-11/h2-4,9-10,15-16H,5-7H2,1H3,(H,14,17)/t9-,10+/m1/s1. The summed E-state index contributed by atoms with van der Waals surface area (Å²) in [6.07, 6.45) is -0.664. The van der Waals surface area contributed by atoms with Gasteiger partial charge in [-0.1, -0.05) is 6.07 Å². The highest BCUT2D eigenvalue weighted by Gasteiger charge is 2.26. The zero-order chi connectivity index (χ0) is 14.5. The molecule has 7 nitrogen and oxygen atoms in total. The number of aliphatic hydroxyl groups is 2. The fourth-order valence-corrected chi connectivity index (χ4v) is 2.09. The smallest absolute Gasteiger partial charge is 0.407 e. The number of amides is 1. The van der Waals surface area contributed by atoms with E-state index in [4.69, 9.17) is 9.47 Å². The van der Waals surface area contributed by atoms with Crippen molar-refractivity contribution in [2.75, 3.05) is 27.1 Å². The van der Waals surface area contributed by atoms with Crippen LogP contribution in [-0.2, 0) is 4.74 Å². The Hall–Kier alpha value is -1.99. The Morgan fingerprint density at radius 1 is 1.35 bits per heavy atom. The second kappa shape index (κ2) is 6.44. The van der Waals surface area contributed by atoms with Crippen molar-refractivity contribution in [3.63, 3.8) is 0 Å². The molecule has 0 bridgehead atoms. The summed E-state index contributed by atoms with van der Waals surface area (Å²) in [5.74, 6) is 0.733. The Morgan fingerprint density at radius 2 is 2.10 bits per heavy atom. The van der Waals surface area contributed by atoms with E-state index in [1.807, 2.05) is 0 Å². The average molecular weight is 283 g/mol. The monoisotopic (exact) mass is 283 g/mol. The van der Waals surface area contributed by atoms with Crippen LogP contribution in [0.1, 0.15) is 11.5 Å². The molecule has 2 rings (SSSR count). The topological polar surface area (TPSA) is 97.3 Å². The van der Waals surface area contributed by atoms with Gasteiger partial charge in [-0.3, -0.25) is 0 Å². The van der Waals surface area contributed by atoms with E-state index in [0.29, 0.717) is 11.5 Å². The van der Waals surface area contributed by atoms with Gasteiger partial charge < -0.3 is 29.7 Å². The van der Waals surface area contributed by atoms with E-state index in [-0.39, 0.29) is 20.0 Å². The number of hydrogen-bond donors (Lipinski definition) is 3. The van der Waals surface area contributed by atoms with Crippen LogP contribution in [-0.4, -0.2) is 49.5 Å². The highest BCUT2D eigenvalue weighted by molar-refractivity contribution is 5.67. The lowest BCUT2D eigenvalue weighted by Crippen LogP contribution is -2.43. The van der Waals surface area contributed by atoms with Gasteiger partial charge in [0.1, 0.15) is 0 Å². The van der Waals surface area contributed by atoms with Gasteiger partial charge in [0.05, 0.1) is 26.4 Å². The second-order valence-corrected chi connectivity index (χ2v) is 4.33. The molecule has 0 fully saturated rings. The van der Waals surface area contributed by atoms with Crippen molar-refractivity contribution in [1.82, 2.24) is 5.32 Å². The average Bonchev–Trinajstić information content (AvgIpc) is 2.94. The molecule has 0 saturated carbocycles. The fraction of sp³-hybridized carbons (Fsp3) is 0.462. The Labute approximate surface area is 116 Å². The minimum atomic E-state index is -0.664. The number of rotatable bonds is 5. The summed E-state index contributed by atoms with van der Waals surface area (Å²) in [7, 11) is 1.23. The van der Waals surface area contributed by atoms with E-state index in [9.17, 15) is 15.0 Å². The minimum absolute atomic E-state index is 0.159. The van der Waals surface area contributed by atoms with Crippen molar-refractivity contribution in [3.05, 3.63) is 23.8 Å². The molecule has 0 radical (unpaired) electrons. The van der Waals surface area contributed by atoms with Gasteiger partial charge in [0.2, 0.25) is 6.79 Å². The summed E-state index contributed by atoms with van der Waals surface area (Å²) in [5, 5.41) is 21.4. The van der Waals surface area contributed by atoms with E-state index in [2.05, 4.69) is 10.1 Å². The zero-order valence-electron chi connectivity index (χ0n) is 11.0. The van der Waals surface area contributed by atoms with Crippen LogP contribution in [0.5, 0.6) is 11.5 Å². The van der Waals surface area contributed by atoms with Crippen molar-refractivity contribution in [2.45, 2.75) is 12.0 Å². The molecule has 3 N–H and O–H groups in total. The normalized spacial score (nSPS) is 15.6. The Bertz CT molecular complexity index is 478. The van der Waals surface area contributed by atoms with Gasteiger partial charge in [0.15, 0.2) is 11.5 Å². The molecule has 7 heteroatoms. The van der Waals surface area contributed by atoms with Gasteiger partial charge in [-0.25, -0.2) is 4.79 Å². The van der Waals surface area contributed by atoms with Crippen LogP contribution < -0.4 is 14.8 Å². The quantitative estimate of drug-likeness (QED) is 0.714. The SMILES string of the molecule is COC(=O)N[C@@H](CO)[C@H](CO)c1ccc2c(c1)OCO2. The van der Waals surface area contributed by atoms with E-state index >= 15 is 0 Å². The van der Waals surface area contributed by atoms with Crippen LogP contribution in [0.2, 0.25) is 0 Å². The Morgan fingerprint density at radius 3 is 2.75 bits per heavy atom. The van der Waals surface area contributed by atoms with E-state index in [0.717, 1.165) is 5.56 Å². The lowest BCUT2D eigenvalue weighted by Gasteiger charge is -2.24. The number of carbonyl (C=O) groups excluding carboxylic acids is 1. The molecular weight excluding hydrogens is 266 g/mol. The van der Waals surface area contributed by atoms with E-state index in [1.54, 1.807) is 18.2 Å². The van der Waals surface area contributed by atoms with Crippen molar-refractivity contribution in [1.29, 1.82) is 0 Å². The van der Waals surface area contributed by atoms with Crippen LogP contribution >= 0.6 is 0 Å². The molecule has 0 saturated heterocycles. The fourth-order valence-electron chi connectivity index (χ4n) is 2.09. The van der Waals surface area contributed by atoms with Crippen molar-refractivity contribution >= 4 is 6.09 Å². The molecule has 1 aromatic rings. The Balaban J connectivity index is 2.19. The van der Waals surface area contributed by atoms with Crippen LogP contribution in [0.25, 0.3) is 0 Å². The number of carbonyl (C=O) groups is 1. The summed E-state index contributed by atoms with van der Waals surface area (Å²) < 4.78 is 15.0. The largest absolute Gasteiger partial charge is 0.454 e. The molecule has 1 amide bonds. The third-order valence-electron chi connectivity index (χ3n) is 3.19. The maximum absolute atomic E-state index is 11.2. The number of aliphatic hydroxyl groups excluding tert-OH is 2. The molecular formula is C13H17NO6. The first-order chi connectivity index (χ1) is 9.69. The Kier molecular flexibility index (Phi) is 4.65. The van der Waals surface area contributed by atoms with Crippen LogP contribution in [0.15, 0.2) is 18.2 Å². The predicted octanol–water partition coefficient (Wildman–Crippen LogP) is 0.208. The van der Waals surface area contributed by atoms with Gasteiger partial charge in [-0.05, 0) is 17.7 Å². The predicted molar refractivity (Wildman–Crippen MR) is 68.8 cm³/mol. The lowest BCUT2D eigenvalue weighted by molar-refractivity contribution is 0.141. The molecule has 1 heterocycles. The van der Waals surface area contributed by atoms with Crippen molar-refractivity contribution < 1.29 is 29.2 Å². The number of fused-ring (bicyclic) bond motifs is 1. The van der Waals surface area contributed by atoms with Crippen molar-refractivity contribution in [2.24, 2.45) is 0 Å². The maximum atomic E-state index is 11.2. The minimum Gasteiger partial charge on any atom is -0.454 e. The van der Waals surface area contributed by atoms with E-state index in [1.165, 1.54) is 7.11 Å². The number of ether oxygens (including phenoxy) is 3. The number of alkyl carbamates (subject to hydrolysis) is 1. The number of methoxy groups -OCH3 is 1. The highest BCUT2D eigenvalue weighted by Crippen LogP contribution is 2.35. The third-order valence-corrected chi connectivity index (χ3v) is 3.19. The molecule has 1 aliphatic heterocycles. The number of nitrogens with one attached hydrogen (secondary N) is 1. The van der Waals surface area contributed by atoms with Gasteiger partial charge in [0.25, 0.3) is 0 Å². The summed E-state index contributed by atoms with van der Waals surface area (Å²) in [6, 6.07) is 4.56. The molecule has 0 aromatic heterocycles. The van der Waals surface area contributed by atoms with E-state index < -0.39 is 18.1 Å². The zero-order valence-corrected chi connectivity index (χ0v) is 11.0. The maximum Gasteiger partial charge on any atom is 0.407 e.